The van der Waals surface area contributed by atoms with Gasteiger partial charge >= 0.3 is 0 Å². The molecule has 0 aliphatic heterocycles. The minimum atomic E-state index is 0.308. The fourth-order valence-electron chi connectivity index (χ4n) is 1.94. The Morgan fingerprint density at radius 3 is 2.89 bits per heavy atom. The Hall–Kier alpha value is -1.62. The van der Waals surface area contributed by atoms with Gasteiger partial charge in [0.05, 0.1) is 6.04 Å². The van der Waals surface area contributed by atoms with Crippen molar-refractivity contribution in [1.29, 1.82) is 0 Å². The quantitative estimate of drug-likeness (QED) is 0.908. The molecular weight excluding hydrogens is 256 g/mol. The van der Waals surface area contributed by atoms with Crippen molar-refractivity contribution < 1.29 is 0 Å². The minimum absolute atomic E-state index is 0.308. The Labute approximate surface area is 118 Å². The number of hydrogen-bond donors (Lipinski definition) is 1. The molecule has 2 heterocycles. The molecule has 0 fully saturated rings. The van der Waals surface area contributed by atoms with E-state index in [1.165, 1.54) is 4.88 Å². The molecule has 2 rings (SSSR count). The summed E-state index contributed by atoms with van der Waals surface area (Å²) in [7, 11) is 2.08. The van der Waals surface area contributed by atoms with Gasteiger partial charge in [0.1, 0.15) is 5.82 Å². The Kier molecular flexibility index (Phi) is 4.37. The summed E-state index contributed by atoms with van der Waals surface area (Å²) >= 11 is 1.77. The van der Waals surface area contributed by atoms with E-state index in [0.717, 1.165) is 17.9 Å². The van der Waals surface area contributed by atoms with Crippen molar-refractivity contribution in [3.8, 4) is 0 Å². The van der Waals surface area contributed by atoms with Crippen LogP contribution >= 0.6 is 11.3 Å². The van der Waals surface area contributed by atoms with Crippen LogP contribution < -0.4 is 10.2 Å². The molecule has 0 aliphatic carbocycles. The van der Waals surface area contributed by atoms with E-state index in [-0.39, 0.29) is 0 Å². The van der Waals surface area contributed by atoms with Crippen LogP contribution in [-0.4, -0.2) is 23.6 Å². The van der Waals surface area contributed by atoms with Crippen LogP contribution in [0.25, 0.3) is 0 Å². The number of aryl methyl sites for hydroxylation is 1. The topological polar surface area (TPSA) is 41.1 Å². The van der Waals surface area contributed by atoms with Crippen LogP contribution in [-0.2, 0) is 0 Å². The number of nitrogens with one attached hydrogen (secondary N) is 1. The Balaban J connectivity index is 2.27. The maximum Gasteiger partial charge on any atom is 0.224 e. The zero-order valence-corrected chi connectivity index (χ0v) is 12.7. The lowest BCUT2D eigenvalue weighted by Crippen LogP contribution is -2.23. The molecule has 19 heavy (non-hydrogen) atoms. The molecule has 102 valence electrons. The molecule has 2 aromatic rings. The van der Waals surface area contributed by atoms with Gasteiger partial charge in [-0.05, 0) is 32.2 Å². The van der Waals surface area contributed by atoms with Crippen LogP contribution in [0.1, 0.15) is 30.3 Å². The van der Waals surface area contributed by atoms with E-state index in [2.05, 4.69) is 51.7 Å². The first-order valence-electron chi connectivity index (χ1n) is 6.47. The third-order valence-electron chi connectivity index (χ3n) is 3.15. The predicted molar refractivity (Wildman–Crippen MR) is 82.1 cm³/mol. The first kappa shape index (κ1) is 13.8. The molecule has 0 saturated carbocycles. The maximum atomic E-state index is 4.60. The van der Waals surface area contributed by atoms with E-state index in [1.54, 1.807) is 11.3 Å². The molecule has 1 unspecified atom stereocenters. The van der Waals surface area contributed by atoms with Gasteiger partial charge in [-0.2, -0.15) is 4.98 Å². The Morgan fingerprint density at radius 1 is 1.47 bits per heavy atom. The van der Waals surface area contributed by atoms with Gasteiger partial charge in [-0.25, -0.2) is 4.98 Å². The van der Waals surface area contributed by atoms with Crippen molar-refractivity contribution in [2.24, 2.45) is 0 Å². The van der Waals surface area contributed by atoms with Gasteiger partial charge in [0.25, 0.3) is 0 Å². The van der Waals surface area contributed by atoms with Gasteiger partial charge in [-0.15, -0.1) is 11.3 Å². The normalized spacial score (nSPS) is 12.2. The highest BCUT2D eigenvalue weighted by atomic mass is 32.1. The summed E-state index contributed by atoms with van der Waals surface area (Å²) in [6, 6.07) is 4.55. The van der Waals surface area contributed by atoms with Crippen molar-refractivity contribution in [3.63, 3.8) is 0 Å². The summed E-state index contributed by atoms with van der Waals surface area (Å²) in [4.78, 5) is 12.4. The standard InChI is InChI=1S/C14H20N4S/c1-5-15-14-16-9-10(2)13(17-14)18(4)11(3)12-7-6-8-19-12/h6-9,11H,5H2,1-4H3,(H,15,16,17). The van der Waals surface area contributed by atoms with Crippen LogP contribution in [0.15, 0.2) is 23.7 Å². The number of hydrogen-bond acceptors (Lipinski definition) is 5. The largest absolute Gasteiger partial charge is 0.354 e. The first-order valence-corrected chi connectivity index (χ1v) is 7.35. The van der Waals surface area contributed by atoms with Crippen molar-refractivity contribution in [3.05, 3.63) is 34.2 Å². The van der Waals surface area contributed by atoms with Gasteiger partial charge in [-0.1, -0.05) is 6.07 Å². The van der Waals surface area contributed by atoms with Gasteiger partial charge in [0, 0.05) is 30.2 Å². The highest BCUT2D eigenvalue weighted by molar-refractivity contribution is 7.10. The molecule has 0 bridgehead atoms. The number of anilines is 2. The van der Waals surface area contributed by atoms with E-state index in [0.29, 0.717) is 12.0 Å². The number of aromatic nitrogens is 2. The summed E-state index contributed by atoms with van der Waals surface area (Å²) in [5, 5.41) is 5.27. The Bertz CT molecular complexity index is 524. The van der Waals surface area contributed by atoms with Gasteiger partial charge < -0.3 is 10.2 Å². The van der Waals surface area contributed by atoms with E-state index in [1.807, 2.05) is 20.0 Å². The van der Waals surface area contributed by atoms with Crippen LogP contribution in [0.3, 0.4) is 0 Å². The molecule has 5 heteroatoms. The fourth-order valence-corrected chi connectivity index (χ4v) is 2.76. The van der Waals surface area contributed by atoms with Crippen LogP contribution in [0, 0.1) is 6.92 Å². The van der Waals surface area contributed by atoms with E-state index < -0.39 is 0 Å². The summed E-state index contributed by atoms with van der Waals surface area (Å²) in [6.45, 7) is 7.11. The zero-order valence-electron chi connectivity index (χ0n) is 11.8. The molecule has 0 aromatic carbocycles. The van der Waals surface area contributed by atoms with E-state index in [4.69, 9.17) is 0 Å². The van der Waals surface area contributed by atoms with Crippen LogP contribution in [0.4, 0.5) is 11.8 Å². The third kappa shape index (κ3) is 3.04. The van der Waals surface area contributed by atoms with Gasteiger partial charge in [0.15, 0.2) is 0 Å². The van der Waals surface area contributed by atoms with Gasteiger partial charge in [-0.3, -0.25) is 0 Å². The molecule has 0 spiro atoms. The monoisotopic (exact) mass is 276 g/mol. The average molecular weight is 276 g/mol. The predicted octanol–water partition coefficient (Wildman–Crippen LogP) is 3.48. The zero-order chi connectivity index (χ0) is 13.8. The second-order valence-corrected chi connectivity index (χ2v) is 5.51. The minimum Gasteiger partial charge on any atom is -0.354 e. The number of nitrogens with zero attached hydrogens (tertiary/aromatic N) is 3. The SMILES string of the molecule is CCNc1ncc(C)c(N(C)C(C)c2cccs2)n1. The molecule has 4 nitrogen and oxygen atoms in total. The number of rotatable bonds is 5. The second kappa shape index (κ2) is 6.02. The molecule has 0 aliphatic rings. The lowest BCUT2D eigenvalue weighted by molar-refractivity contribution is 0.737. The lowest BCUT2D eigenvalue weighted by Gasteiger charge is -2.26. The molecule has 0 radical (unpaired) electrons. The highest BCUT2D eigenvalue weighted by Gasteiger charge is 2.16. The first-order chi connectivity index (χ1) is 9.13. The van der Waals surface area contributed by atoms with Crippen LogP contribution in [0.2, 0.25) is 0 Å². The third-order valence-corrected chi connectivity index (χ3v) is 4.19. The molecule has 0 amide bonds. The second-order valence-electron chi connectivity index (χ2n) is 4.53. The highest BCUT2D eigenvalue weighted by Crippen LogP contribution is 2.29. The smallest absolute Gasteiger partial charge is 0.224 e. The summed E-state index contributed by atoms with van der Waals surface area (Å²) in [5.74, 6) is 1.67. The molecule has 1 atom stereocenters. The number of thiophene rings is 1. The van der Waals surface area contributed by atoms with E-state index in [9.17, 15) is 0 Å². The van der Waals surface area contributed by atoms with Crippen molar-refractivity contribution in [1.82, 2.24) is 9.97 Å². The van der Waals surface area contributed by atoms with Crippen molar-refractivity contribution in [2.75, 3.05) is 23.8 Å². The van der Waals surface area contributed by atoms with Crippen molar-refractivity contribution in [2.45, 2.75) is 26.8 Å². The lowest BCUT2D eigenvalue weighted by atomic mass is 10.2. The Morgan fingerprint density at radius 2 is 2.26 bits per heavy atom. The molecule has 0 saturated heterocycles. The summed E-state index contributed by atoms with van der Waals surface area (Å²) in [6.07, 6.45) is 1.87. The van der Waals surface area contributed by atoms with Crippen molar-refractivity contribution >= 4 is 23.1 Å². The maximum absolute atomic E-state index is 4.60. The van der Waals surface area contributed by atoms with E-state index >= 15 is 0 Å². The van der Waals surface area contributed by atoms with Gasteiger partial charge in [0.2, 0.25) is 5.95 Å². The summed E-state index contributed by atoms with van der Waals surface area (Å²) < 4.78 is 0. The fraction of sp³-hybridized carbons (Fsp3) is 0.429. The van der Waals surface area contributed by atoms with Crippen LogP contribution in [0.5, 0.6) is 0 Å². The summed E-state index contributed by atoms with van der Waals surface area (Å²) in [5.41, 5.74) is 1.09. The average Bonchev–Trinajstić information content (AvgIpc) is 2.93. The molecule has 1 N–H and O–H groups in total. The molecule has 2 aromatic heterocycles. The molecular formula is C14H20N4S.